The topological polar surface area (TPSA) is 75.9 Å². The second-order valence-corrected chi connectivity index (χ2v) is 5.08. The Morgan fingerprint density at radius 3 is 2.55 bits per heavy atom. The molecule has 4 N–H and O–H groups in total. The number of nitrogens with one attached hydrogen (secondary N) is 2. The molecule has 0 radical (unpaired) electrons. The molecule has 1 saturated heterocycles. The fraction of sp³-hybridized carbons (Fsp3) is 0.333. The fourth-order valence-corrected chi connectivity index (χ4v) is 2.56. The third kappa shape index (κ3) is 3.05. The van der Waals surface area contributed by atoms with Gasteiger partial charge in [-0.2, -0.15) is 4.98 Å². The summed E-state index contributed by atoms with van der Waals surface area (Å²) in [5, 5.41) is 6.55. The van der Waals surface area contributed by atoms with E-state index in [1.807, 2.05) is 0 Å². The highest BCUT2D eigenvalue weighted by Crippen LogP contribution is 2.26. The molecule has 1 aliphatic rings. The monoisotopic (exact) mass is 269 g/mol. The number of hydrogen-bond acceptors (Lipinski definition) is 5. The number of hydrogen-bond donors (Lipinski definition) is 3. The Bertz CT molecular complexity index is 561. The molecule has 2 aromatic rings. The van der Waals surface area contributed by atoms with Crippen LogP contribution >= 0.6 is 0 Å². The molecule has 0 spiro atoms. The summed E-state index contributed by atoms with van der Waals surface area (Å²) in [6, 6.07) is 10.2. The van der Waals surface area contributed by atoms with Crippen LogP contribution < -0.4 is 16.4 Å². The molecular weight excluding hydrogens is 250 g/mol. The van der Waals surface area contributed by atoms with Crippen LogP contribution in [0.15, 0.2) is 36.5 Å². The van der Waals surface area contributed by atoms with Crippen LogP contribution in [-0.2, 0) is 0 Å². The van der Waals surface area contributed by atoms with Gasteiger partial charge in [0.05, 0.1) is 0 Å². The second-order valence-electron chi connectivity index (χ2n) is 5.08. The Kier molecular flexibility index (Phi) is 3.78. The van der Waals surface area contributed by atoms with Crippen molar-refractivity contribution in [1.29, 1.82) is 0 Å². The number of nitrogens with two attached hydrogens (primary N) is 1. The van der Waals surface area contributed by atoms with Crippen molar-refractivity contribution < 1.29 is 0 Å². The highest BCUT2D eigenvalue weighted by Gasteiger charge is 2.14. The molecule has 104 valence electrons. The molecule has 0 unspecified atom stereocenters. The maximum Gasteiger partial charge on any atom is 0.229 e. The third-order valence-electron chi connectivity index (χ3n) is 3.65. The highest BCUT2D eigenvalue weighted by atomic mass is 15.1. The summed E-state index contributed by atoms with van der Waals surface area (Å²) in [5.74, 6) is 1.67. The van der Waals surface area contributed by atoms with Crippen molar-refractivity contribution in [2.24, 2.45) is 0 Å². The van der Waals surface area contributed by atoms with E-state index >= 15 is 0 Å². The lowest BCUT2D eigenvalue weighted by Gasteiger charge is -2.23. The maximum atomic E-state index is 5.64. The van der Waals surface area contributed by atoms with Gasteiger partial charge in [0, 0.05) is 11.9 Å². The lowest BCUT2D eigenvalue weighted by atomic mass is 9.90. The first kappa shape index (κ1) is 12.9. The van der Waals surface area contributed by atoms with Crippen molar-refractivity contribution in [1.82, 2.24) is 15.3 Å². The minimum Gasteiger partial charge on any atom is -0.384 e. The van der Waals surface area contributed by atoms with Crippen LogP contribution in [0.5, 0.6) is 0 Å². The number of nitrogen functional groups attached to an aromatic ring is 1. The zero-order valence-electron chi connectivity index (χ0n) is 11.3. The van der Waals surface area contributed by atoms with E-state index in [0.717, 1.165) is 18.8 Å². The summed E-state index contributed by atoms with van der Waals surface area (Å²) < 4.78 is 0. The second kappa shape index (κ2) is 5.88. The van der Waals surface area contributed by atoms with E-state index in [2.05, 4.69) is 44.9 Å². The molecule has 0 saturated carbocycles. The summed E-state index contributed by atoms with van der Waals surface area (Å²) >= 11 is 0. The Labute approximate surface area is 118 Å². The smallest absolute Gasteiger partial charge is 0.229 e. The summed E-state index contributed by atoms with van der Waals surface area (Å²) in [4.78, 5) is 8.26. The molecule has 1 fully saturated rings. The van der Waals surface area contributed by atoms with E-state index in [0.29, 0.717) is 17.7 Å². The lowest BCUT2D eigenvalue weighted by Crippen LogP contribution is -2.26. The van der Waals surface area contributed by atoms with Crippen LogP contribution in [0.4, 0.5) is 17.5 Å². The van der Waals surface area contributed by atoms with Crippen LogP contribution in [0.2, 0.25) is 0 Å². The van der Waals surface area contributed by atoms with Crippen molar-refractivity contribution in [3.05, 3.63) is 42.1 Å². The van der Waals surface area contributed by atoms with Gasteiger partial charge in [-0.15, -0.1) is 0 Å². The zero-order valence-corrected chi connectivity index (χ0v) is 11.3. The molecule has 5 heteroatoms. The lowest BCUT2D eigenvalue weighted by molar-refractivity contribution is 0.460. The van der Waals surface area contributed by atoms with Gasteiger partial charge in [-0.05, 0) is 55.6 Å². The SMILES string of the molecule is Nc1ccnc(Nc2ccc(C3CCNCC3)cc2)n1. The zero-order chi connectivity index (χ0) is 13.8. The van der Waals surface area contributed by atoms with Gasteiger partial charge in [-0.1, -0.05) is 12.1 Å². The summed E-state index contributed by atoms with van der Waals surface area (Å²) in [6.07, 6.45) is 4.07. The largest absolute Gasteiger partial charge is 0.384 e. The Morgan fingerprint density at radius 1 is 1.10 bits per heavy atom. The van der Waals surface area contributed by atoms with E-state index in [1.54, 1.807) is 12.3 Å². The van der Waals surface area contributed by atoms with Gasteiger partial charge < -0.3 is 16.4 Å². The molecule has 20 heavy (non-hydrogen) atoms. The predicted octanol–water partition coefficient (Wildman–Crippen LogP) is 2.27. The van der Waals surface area contributed by atoms with E-state index in [9.17, 15) is 0 Å². The molecular formula is C15H19N5. The number of rotatable bonds is 3. The first-order chi connectivity index (χ1) is 9.81. The van der Waals surface area contributed by atoms with E-state index in [4.69, 9.17) is 5.73 Å². The number of aromatic nitrogens is 2. The number of nitrogens with zero attached hydrogens (tertiary/aromatic N) is 2. The van der Waals surface area contributed by atoms with Crippen LogP contribution in [0, 0.1) is 0 Å². The van der Waals surface area contributed by atoms with Gasteiger partial charge in [-0.25, -0.2) is 4.98 Å². The number of benzene rings is 1. The summed E-state index contributed by atoms with van der Waals surface area (Å²) in [6.45, 7) is 2.23. The highest BCUT2D eigenvalue weighted by molar-refractivity contribution is 5.54. The van der Waals surface area contributed by atoms with Crippen LogP contribution in [0.25, 0.3) is 0 Å². The minimum absolute atomic E-state index is 0.467. The van der Waals surface area contributed by atoms with Crippen LogP contribution in [-0.4, -0.2) is 23.1 Å². The molecule has 0 aliphatic carbocycles. The molecule has 2 heterocycles. The van der Waals surface area contributed by atoms with E-state index in [-0.39, 0.29) is 0 Å². The Morgan fingerprint density at radius 2 is 1.85 bits per heavy atom. The first-order valence-corrected chi connectivity index (χ1v) is 6.97. The number of anilines is 3. The molecule has 1 aromatic carbocycles. The Balaban J connectivity index is 1.69. The molecule has 0 bridgehead atoms. The molecule has 5 nitrogen and oxygen atoms in total. The van der Waals surface area contributed by atoms with Gasteiger partial charge in [0.2, 0.25) is 5.95 Å². The van der Waals surface area contributed by atoms with Gasteiger partial charge in [-0.3, -0.25) is 0 Å². The average molecular weight is 269 g/mol. The third-order valence-corrected chi connectivity index (χ3v) is 3.65. The van der Waals surface area contributed by atoms with E-state index in [1.165, 1.54) is 18.4 Å². The fourth-order valence-electron chi connectivity index (χ4n) is 2.56. The van der Waals surface area contributed by atoms with Crippen molar-refractivity contribution >= 4 is 17.5 Å². The average Bonchev–Trinajstić information content (AvgIpc) is 2.49. The quantitative estimate of drug-likeness (QED) is 0.797. The van der Waals surface area contributed by atoms with Gasteiger partial charge >= 0.3 is 0 Å². The van der Waals surface area contributed by atoms with Crippen molar-refractivity contribution in [3.8, 4) is 0 Å². The van der Waals surface area contributed by atoms with Crippen molar-refractivity contribution in [2.75, 3.05) is 24.1 Å². The maximum absolute atomic E-state index is 5.64. The number of piperidine rings is 1. The van der Waals surface area contributed by atoms with E-state index < -0.39 is 0 Å². The van der Waals surface area contributed by atoms with Gasteiger partial charge in [0.25, 0.3) is 0 Å². The van der Waals surface area contributed by atoms with Crippen LogP contribution in [0.1, 0.15) is 24.3 Å². The molecule has 0 atom stereocenters. The molecule has 1 aliphatic heterocycles. The molecule has 0 amide bonds. The summed E-state index contributed by atoms with van der Waals surface area (Å²) in [7, 11) is 0. The normalized spacial score (nSPS) is 16.0. The Hall–Kier alpha value is -2.14. The van der Waals surface area contributed by atoms with Crippen molar-refractivity contribution in [2.45, 2.75) is 18.8 Å². The van der Waals surface area contributed by atoms with Gasteiger partial charge in [0.1, 0.15) is 5.82 Å². The molecule has 1 aromatic heterocycles. The minimum atomic E-state index is 0.467. The van der Waals surface area contributed by atoms with Crippen molar-refractivity contribution in [3.63, 3.8) is 0 Å². The molecule has 3 rings (SSSR count). The first-order valence-electron chi connectivity index (χ1n) is 6.97. The van der Waals surface area contributed by atoms with Crippen LogP contribution in [0.3, 0.4) is 0 Å². The standard InChI is InChI=1S/C15H19N5/c16-14-7-10-18-15(20-14)19-13-3-1-11(2-4-13)12-5-8-17-9-6-12/h1-4,7,10,12,17H,5-6,8-9H2,(H3,16,18,19,20). The predicted molar refractivity (Wildman–Crippen MR) is 81.0 cm³/mol. The summed E-state index contributed by atoms with van der Waals surface area (Å²) in [5.41, 5.74) is 8.02. The van der Waals surface area contributed by atoms with Gasteiger partial charge in [0.15, 0.2) is 0 Å².